The van der Waals surface area contributed by atoms with Crippen LogP contribution in [-0.2, 0) is 0 Å². The lowest BCUT2D eigenvalue weighted by Gasteiger charge is -2.05. The summed E-state index contributed by atoms with van der Waals surface area (Å²) >= 11 is 1.61. The quantitative estimate of drug-likeness (QED) is 0.759. The first-order valence-electron chi connectivity index (χ1n) is 6.15. The third kappa shape index (κ3) is 1.46. The molecule has 2 aromatic heterocycles. The van der Waals surface area contributed by atoms with E-state index in [1.165, 1.54) is 18.4 Å². The first kappa shape index (κ1) is 10.1. The standard InChI is InChI=1S/C14H13N3S/c15-13-8-7-12(18-13)14-16-10-3-1-2-4-11(10)17(14)9-5-6-9/h1-4,7-9H,5-6,15H2. The van der Waals surface area contributed by atoms with Gasteiger partial charge in [-0.15, -0.1) is 11.3 Å². The molecule has 0 radical (unpaired) electrons. The van der Waals surface area contributed by atoms with Gasteiger partial charge in [-0.25, -0.2) is 4.98 Å². The molecule has 18 heavy (non-hydrogen) atoms. The van der Waals surface area contributed by atoms with Gasteiger partial charge in [-0.3, -0.25) is 0 Å². The van der Waals surface area contributed by atoms with E-state index < -0.39 is 0 Å². The minimum atomic E-state index is 0.621. The zero-order valence-electron chi connectivity index (χ0n) is 9.84. The summed E-state index contributed by atoms with van der Waals surface area (Å²) in [6.45, 7) is 0. The Morgan fingerprint density at radius 1 is 1.17 bits per heavy atom. The number of thiophene rings is 1. The second-order valence-electron chi connectivity index (χ2n) is 4.73. The van der Waals surface area contributed by atoms with Crippen LogP contribution in [0, 0.1) is 0 Å². The minimum absolute atomic E-state index is 0.621. The molecule has 90 valence electrons. The molecular formula is C14H13N3S. The van der Waals surface area contributed by atoms with Crippen LogP contribution >= 0.6 is 11.3 Å². The third-order valence-electron chi connectivity index (χ3n) is 3.35. The number of hydrogen-bond acceptors (Lipinski definition) is 3. The van der Waals surface area contributed by atoms with E-state index in [-0.39, 0.29) is 0 Å². The molecule has 4 heteroatoms. The second-order valence-corrected chi connectivity index (χ2v) is 5.84. The van der Waals surface area contributed by atoms with E-state index in [1.54, 1.807) is 11.3 Å². The van der Waals surface area contributed by atoms with E-state index >= 15 is 0 Å². The Morgan fingerprint density at radius 3 is 2.72 bits per heavy atom. The molecule has 3 nitrogen and oxygen atoms in total. The summed E-state index contributed by atoms with van der Waals surface area (Å²) in [5.74, 6) is 1.07. The summed E-state index contributed by atoms with van der Waals surface area (Å²) < 4.78 is 2.38. The van der Waals surface area contributed by atoms with Crippen LogP contribution in [0.5, 0.6) is 0 Å². The van der Waals surface area contributed by atoms with E-state index in [0.717, 1.165) is 21.2 Å². The maximum atomic E-state index is 5.83. The van der Waals surface area contributed by atoms with Crippen molar-refractivity contribution in [1.82, 2.24) is 9.55 Å². The van der Waals surface area contributed by atoms with Crippen molar-refractivity contribution in [3.8, 4) is 10.7 Å². The van der Waals surface area contributed by atoms with Gasteiger partial charge in [0.1, 0.15) is 0 Å². The first-order chi connectivity index (χ1) is 8.83. The number of fused-ring (bicyclic) bond motifs is 1. The molecule has 1 aromatic carbocycles. The number of benzene rings is 1. The lowest BCUT2D eigenvalue weighted by Crippen LogP contribution is -1.95. The molecule has 1 aliphatic rings. The number of para-hydroxylation sites is 2. The minimum Gasteiger partial charge on any atom is -0.391 e. The molecule has 1 fully saturated rings. The molecular weight excluding hydrogens is 242 g/mol. The number of aromatic nitrogens is 2. The van der Waals surface area contributed by atoms with Crippen molar-refractivity contribution < 1.29 is 0 Å². The van der Waals surface area contributed by atoms with E-state index in [1.807, 2.05) is 12.1 Å². The highest BCUT2D eigenvalue weighted by Crippen LogP contribution is 2.42. The number of nitrogen functional groups attached to an aromatic ring is 1. The fraction of sp³-hybridized carbons (Fsp3) is 0.214. The van der Waals surface area contributed by atoms with Crippen LogP contribution in [0.4, 0.5) is 5.00 Å². The zero-order valence-corrected chi connectivity index (χ0v) is 10.7. The van der Waals surface area contributed by atoms with Crippen molar-refractivity contribution >= 4 is 27.4 Å². The molecule has 1 aliphatic carbocycles. The Hall–Kier alpha value is -1.81. The Labute approximate surface area is 109 Å². The number of imidazole rings is 1. The van der Waals surface area contributed by atoms with Crippen LogP contribution in [-0.4, -0.2) is 9.55 Å². The van der Waals surface area contributed by atoms with Crippen molar-refractivity contribution in [3.63, 3.8) is 0 Å². The van der Waals surface area contributed by atoms with Gasteiger partial charge in [0.2, 0.25) is 0 Å². The Bertz CT molecular complexity index is 722. The van der Waals surface area contributed by atoms with Gasteiger partial charge in [0.25, 0.3) is 0 Å². The molecule has 0 amide bonds. The van der Waals surface area contributed by atoms with E-state index in [2.05, 4.69) is 28.8 Å². The highest BCUT2D eigenvalue weighted by molar-refractivity contribution is 7.19. The molecule has 2 N–H and O–H groups in total. The van der Waals surface area contributed by atoms with Gasteiger partial charge in [-0.1, -0.05) is 12.1 Å². The number of hydrogen-bond donors (Lipinski definition) is 1. The summed E-state index contributed by atoms with van der Waals surface area (Å²) in [4.78, 5) is 5.94. The van der Waals surface area contributed by atoms with Crippen LogP contribution in [0.1, 0.15) is 18.9 Å². The molecule has 1 saturated carbocycles. The van der Waals surface area contributed by atoms with Crippen molar-refractivity contribution in [2.24, 2.45) is 0 Å². The fourth-order valence-corrected chi connectivity index (χ4v) is 3.16. The Kier molecular flexibility index (Phi) is 2.02. The molecule has 0 spiro atoms. The highest BCUT2D eigenvalue weighted by Gasteiger charge is 2.28. The maximum absolute atomic E-state index is 5.83. The van der Waals surface area contributed by atoms with Crippen molar-refractivity contribution in [2.45, 2.75) is 18.9 Å². The third-order valence-corrected chi connectivity index (χ3v) is 4.27. The Balaban J connectivity index is 2.01. The first-order valence-corrected chi connectivity index (χ1v) is 6.97. The van der Waals surface area contributed by atoms with Gasteiger partial charge in [-0.2, -0.15) is 0 Å². The molecule has 2 heterocycles. The average molecular weight is 255 g/mol. The lowest BCUT2D eigenvalue weighted by atomic mass is 10.3. The molecule has 4 rings (SSSR count). The second kappa shape index (κ2) is 3.59. The number of nitrogens with two attached hydrogens (primary N) is 1. The van der Waals surface area contributed by atoms with Crippen LogP contribution < -0.4 is 5.73 Å². The summed E-state index contributed by atoms with van der Waals surface area (Å²) in [5, 5.41) is 0.847. The molecule has 0 bridgehead atoms. The predicted molar refractivity (Wildman–Crippen MR) is 75.7 cm³/mol. The van der Waals surface area contributed by atoms with Gasteiger partial charge in [0, 0.05) is 6.04 Å². The summed E-state index contributed by atoms with van der Waals surface area (Å²) in [7, 11) is 0. The summed E-state index contributed by atoms with van der Waals surface area (Å²) in [6.07, 6.45) is 2.52. The van der Waals surface area contributed by atoms with Gasteiger partial charge in [0.15, 0.2) is 5.82 Å². The van der Waals surface area contributed by atoms with Crippen LogP contribution in [0.3, 0.4) is 0 Å². The van der Waals surface area contributed by atoms with Crippen LogP contribution in [0.2, 0.25) is 0 Å². The molecule has 0 aliphatic heterocycles. The Morgan fingerprint density at radius 2 is 2.00 bits per heavy atom. The topological polar surface area (TPSA) is 43.8 Å². The molecule has 0 saturated heterocycles. The van der Waals surface area contributed by atoms with Gasteiger partial charge >= 0.3 is 0 Å². The van der Waals surface area contributed by atoms with Crippen LogP contribution in [0.15, 0.2) is 36.4 Å². The van der Waals surface area contributed by atoms with E-state index in [9.17, 15) is 0 Å². The lowest BCUT2D eigenvalue weighted by molar-refractivity contribution is 0.777. The van der Waals surface area contributed by atoms with E-state index in [0.29, 0.717) is 6.04 Å². The molecule has 0 unspecified atom stereocenters. The number of nitrogens with zero attached hydrogens (tertiary/aromatic N) is 2. The van der Waals surface area contributed by atoms with E-state index in [4.69, 9.17) is 10.7 Å². The smallest absolute Gasteiger partial charge is 0.151 e. The number of rotatable bonds is 2. The van der Waals surface area contributed by atoms with Gasteiger partial charge in [0.05, 0.1) is 20.9 Å². The number of anilines is 1. The SMILES string of the molecule is Nc1ccc(-c2nc3ccccc3n2C2CC2)s1. The summed E-state index contributed by atoms with van der Waals surface area (Å²) in [5.41, 5.74) is 8.15. The van der Waals surface area contributed by atoms with Crippen molar-refractivity contribution in [1.29, 1.82) is 0 Å². The van der Waals surface area contributed by atoms with Crippen LogP contribution in [0.25, 0.3) is 21.7 Å². The normalized spacial score (nSPS) is 15.3. The molecule has 3 aromatic rings. The van der Waals surface area contributed by atoms with Crippen molar-refractivity contribution in [3.05, 3.63) is 36.4 Å². The highest BCUT2D eigenvalue weighted by atomic mass is 32.1. The largest absolute Gasteiger partial charge is 0.391 e. The maximum Gasteiger partial charge on any atom is 0.151 e. The fourth-order valence-electron chi connectivity index (χ4n) is 2.39. The summed E-state index contributed by atoms with van der Waals surface area (Å²) in [6, 6.07) is 13.0. The van der Waals surface area contributed by atoms with Gasteiger partial charge in [-0.05, 0) is 37.1 Å². The van der Waals surface area contributed by atoms with Crippen molar-refractivity contribution in [2.75, 3.05) is 5.73 Å². The van der Waals surface area contributed by atoms with Gasteiger partial charge < -0.3 is 10.3 Å². The average Bonchev–Trinajstić information content (AvgIpc) is 3.00. The monoisotopic (exact) mass is 255 g/mol. The zero-order chi connectivity index (χ0) is 12.1. The predicted octanol–water partition coefficient (Wildman–Crippen LogP) is 3.68. The molecule has 0 atom stereocenters.